The minimum Gasteiger partial charge on any atom is -0.389 e. The first-order chi connectivity index (χ1) is 8.32. The van der Waals surface area contributed by atoms with Crippen LogP contribution in [0.1, 0.15) is 19.4 Å². The lowest BCUT2D eigenvalue weighted by Crippen LogP contribution is -2.39. The molecule has 0 bridgehead atoms. The van der Waals surface area contributed by atoms with Gasteiger partial charge in [0.15, 0.2) is 0 Å². The van der Waals surface area contributed by atoms with E-state index < -0.39 is 11.9 Å². The van der Waals surface area contributed by atoms with Crippen molar-refractivity contribution in [2.24, 2.45) is 17.4 Å². The number of hydrogen-bond acceptors (Lipinski definition) is 3. The van der Waals surface area contributed by atoms with E-state index in [0.29, 0.717) is 16.3 Å². The number of amides is 1. The van der Waals surface area contributed by atoms with Crippen LogP contribution in [0, 0.1) is 5.92 Å². The number of anilines is 1. The van der Waals surface area contributed by atoms with Crippen LogP contribution in [-0.4, -0.2) is 16.9 Å². The van der Waals surface area contributed by atoms with Gasteiger partial charge in [-0.15, -0.1) is 0 Å². The van der Waals surface area contributed by atoms with Crippen molar-refractivity contribution in [3.05, 3.63) is 28.8 Å². The van der Waals surface area contributed by atoms with E-state index in [1.165, 1.54) is 0 Å². The summed E-state index contributed by atoms with van der Waals surface area (Å²) in [5.74, 6) is -0.323. The van der Waals surface area contributed by atoms with Gasteiger partial charge in [0.05, 0.1) is 5.02 Å². The minimum atomic E-state index is -0.447. The van der Waals surface area contributed by atoms with Crippen molar-refractivity contribution in [3.8, 4) is 0 Å². The SMILES string of the molecule is CC(C)C(Nc1ccc(C(N)=S)c(Cl)c1)C(N)=O. The molecule has 0 radical (unpaired) electrons. The van der Waals surface area contributed by atoms with E-state index >= 15 is 0 Å². The number of nitrogens with two attached hydrogens (primary N) is 2. The summed E-state index contributed by atoms with van der Waals surface area (Å²) in [6, 6.07) is 4.70. The van der Waals surface area contributed by atoms with E-state index in [0.717, 1.165) is 0 Å². The van der Waals surface area contributed by atoms with Gasteiger partial charge in [-0.1, -0.05) is 37.7 Å². The second-order valence-electron chi connectivity index (χ2n) is 4.33. The zero-order valence-electron chi connectivity index (χ0n) is 10.2. The Bertz CT molecular complexity index is 476. The number of nitrogens with one attached hydrogen (secondary N) is 1. The molecule has 18 heavy (non-hydrogen) atoms. The van der Waals surface area contributed by atoms with Crippen LogP contribution in [0.15, 0.2) is 18.2 Å². The highest BCUT2D eigenvalue weighted by Crippen LogP contribution is 2.22. The summed E-state index contributed by atoms with van der Waals surface area (Å²) in [6.45, 7) is 3.82. The van der Waals surface area contributed by atoms with Gasteiger partial charge in [0.25, 0.3) is 0 Å². The Morgan fingerprint density at radius 1 is 1.39 bits per heavy atom. The van der Waals surface area contributed by atoms with Crippen LogP contribution in [0.4, 0.5) is 5.69 Å². The summed E-state index contributed by atoms with van der Waals surface area (Å²) in [5, 5.41) is 3.49. The molecule has 1 unspecified atom stereocenters. The van der Waals surface area contributed by atoms with E-state index in [-0.39, 0.29) is 10.9 Å². The number of halogens is 1. The van der Waals surface area contributed by atoms with Crippen LogP contribution >= 0.6 is 23.8 Å². The van der Waals surface area contributed by atoms with Gasteiger partial charge in [0.1, 0.15) is 11.0 Å². The fraction of sp³-hybridized carbons (Fsp3) is 0.333. The molecule has 5 N–H and O–H groups in total. The Kier molecular flexibility index (Phi) is 4.93. The monoisotopic (exact) mass is 285 g/mol. The van der Waals surface area contributed by atoms with Gasteiger partial charge in [-0.25, -0.2) is 0 Å². The van der Waals surface area contributed by atoms with Gasteiger partial charge in [-0.2, -0.15) is 0 Å². The zero-order chi connectivity index (χ0) is 13.9. The van der Waals surface area contributed by atoms with Gasteiger partial charge >= 0.3 is 0 Å². The molecule has 1 atom stereocenters. The van der Waals surface area contributed by atoms with E-state index in [1.807, 2.05) is 13.8 Å². The summed E-state index contributed by atoms with van der Waals surface area (Å²) < 4.78 is 0. The maximum Gasteiger partial charge on any atom is 0.240 e. The smallest absolute Gasteiger partial charge is 0.240 e. The van der Waals surface area contributed by atoms with Crippen molar-refractivity contribution >= 4 is 40.4 Å². The molecule has 6 heteroatoms. The molecule has 1 aromatic rings. The number of carbonyl (C=O) groups is 1. The second-order valence-corrected chi connectivity index (χ2v) is 5.17. The number of primary amides is 1. The lowest BCUT2D eigenvalue weighted by molar-refractivity contribution is -0.119. The molecule has 1 amide bonds. The molecular formula is C12H16ClN3OS. The summed E-state index contributed by atoms with van der Waals surface area (Å²) >= 11 is 10.9. The van der Waals surface area contributed by atoms with E-state index in [1.54, 1.807) is 18.2 Å². The summed E-state index contributed by atoms with van der Waals surface area (Å²) in [5.41, 5.74) is 12.2. The molecule has 1 aromatic carbocycles. The van der Waals surface area contributed by atoms with E-state index in [2.05, 4.69) is 5.32 Å². The molecule has 0 spiro atoms. The molecule has 0 saturated carbocycles. The topological polar surface area (TPSA) is 81.1 Å². The maximum atomic E-state index is 11.3. The van der Waals surface area contributed by atoms with Crippen molar-refractivity contribution < 1.29 is 4.79 Å². The molecular weight excluding hydrogens is 270 g/mol. The first-order valence-corrected chi connectivity index (χ1v) is 6.26. The van der Waals surface area contributed by atoms with Gasteiger partial charge in [-0.05, 0) is 24.1 Å². The lowest BCUT2D eigenvalue weighted by atomic mass is 10.0. The van der Waals surface area contributed by atoms with Gasteiger partial charge in [-0.3, -0.25) is 4.79 Å². The van der Waals surface area contributed by atoms with Crippen molar-refractivity contribution in [2.75, 3.05) is 5.32 Å². The summed E-state index contributed by atoms with van der Waals surface area (Å²) in [6.07, 6.45) is 0. The maximum absolute atomic E-state index is 11.3. The Balaban J connectivity index is 2.95. The third-order valence-corrected chi connectivity index (χ3v) is 3.06. The first-order valence-electron chi connectivity index (χ1n) is 5.48. The molecule has 0 aromatic heterocycles. The van der Waals surface area contributed by atoms with Crippen LogP contribution in [0.25, 0.3) is 0 Å². The highest BCUT2D eigenvalue weighted by Gasteiger charge is 2.19. The fourth-order valence-electron chi connectivity index (χ4n) is 1.55. The lowest BCUT2D eigenvalue weighted by Gasteiger charge is -2.20. The van der Waals surface area contributed by atoms with Crippen molar-refractivity contribution in [2.45, 2.75) is 19.9 Å². The molecule has 0 aliphatic heterocycles. The van der Waals surface area contributed by atoms with Crippen LogP contribution in [0.3, 0.4) is 0 Å². The Morgan fingerprint density at radius 2 is 2.00 bits per heavy atom. The number of rotatable bonds is 5. The van der Waals surface area contributed by atoms with Gasteiger partial charge in [0.2, 0.25) is 5.91 Å². The Morgan fingerprint density at radius 3 is 2.39 bits per heavy atom. The quantitative estimate of drug-likeness (QED) is 0.722. The molecule has 0 fully saturated rings. The predicted molar refractivity (Wildman–Crippen MR) is 78.8 cm³/mol. The van der Waals surface area contributed by atoms with Gasteiger partial charge in [0, 0.05) is 11.3 Å². The summed E-state index contributed by atoms with van der Waals surface area (Å²) in [4.78, 5) is 11.5. The largest absolute Gasteiger partial charge is 0.389 e. The van der Waals surface area contributed by atoms with Gasteiger partial charge < -0.3 is 16.8 Å². The molecule has 4 nitrogen and oxygen atoms in total. The predicted octanol–water partition coefficient (Wildman–Crippen LogP) is 1.90. The standard InChI is InChI=1S/C12H16ClN3OS/c1-6(2)10(11(14)17)16-7-3-4-8(12(15)18)9(13)5-7/h3-6,10,16H,1-2H3,(H2,14,17)(H2,15,18). The van der Waals surface area contributed by atoms with Crippen molar-refractivity contribution in [1.29, 1.82) is 0 Å². The summed E-state index contributed by atoms with van der Waals surface area (Å²) in [7, 11) is 0. The average molecular weight is 286 g/mol. The third-order valence-electron chi connectivity index (χ3n) is 2.53. The third kappa shape index (κ3) is 3.58. The van der Waals surface area contributed by atoms with Crippen molar-refractivity contribution in [1.82, 2.24) is 0 Å². The first kappa shape index (κ1) is 14.7. The number of benzene rings is 1. The van der Waals surface area contributed by atoms with Crippen LogP contribution < -0.4 is 16.8 Å². The van der Waals surface area contributed by atoms with Crippen LogP contribution in [0.2, 0.25) is 5.02 Å². The number of thiocarbonyl (C=S) groups is 1. The highest BCUT2D eigenvalue weighted by atomic mass is 35.5. The van der Waals surface area contributed by atoms with Crippen LogP contribution in [0.5, 0.6) is 0 Å². The molecule has 0 aliphatic rings. The average Bonchev–Trinajstić information content (AvgIpc) is 2.24. The molecule has 0 saturated heterocycles. The normalized spacial score (nSPS) is 12.2. The zero-order valence-corrected chi connectivity index (χ0v) is 11.8. The van der Waals surface area contributed by atoms with Crippen LogP contribution in [-0.2, 0) is 4.79 Å². The minimum absolute atomic E-state index is 0.0801. The fourth-order valence-corrected chi connectivity index (χ4v) is 2.07. The Hall–Kier alpha value is -1.33. The number of carbonyl (C=O) groups excluding carboxylic acids is 1. The number of hydrogen-bond donors (Lipinski definition) is 3. The molecule has 0 heterocycles. The Labute approximate surface area is 117 Å². The molecule has 1 rings (SSSR count). The second kappa shape index (κ2) is 6.02. The van der Waals surface area contributed by atoms with E-state index in [9.17, 15) is 4.79 Å². The molecule has 98 valence electrons. The van der Waals surface area contributed by atoms with E-state index in [4.69, 9.17) is 35.3 Å². The van der Waals surface area contributed by atoms with Crippen molar-refractivity contribution in [3.63, 3.8) is 0 Å². The highest BCUT2D eigenvalue weighted by molar-refractivity contribution is 7.80. The molecule has 0 aliphatic carbocycles.